The first-order chi connectivity index (χ1) is 20.6. The maximum Gasteiger partial charge on any atom is -1.00 e. The van der Waals surface area contributed by atoms with Crippen LogP contribution in [0, 0.1) is 0 Å². The molecule has 44 heavy (non-hydrogen) atoms. The van der Waals surface area contributed by atoms with Gasteiger partial charge in [0.2, 0.25) is 0 Å². The Bertz CT molecular complexity index is 2010. The van der Waals surface area contributed by atoms with Gasteiger partial charge in [0.05, 0.1) is 0 Å². The van der Waals surface area contributed by atoms with E-state index in [4.69, 9.17) is 0 Å². The molecule has 0 nitrogen and oxygen atoms in total. The summed E-state index contributed by atoms with van der Waals surface area (Å²) in [6.45, 7) is 5.31. The van der Waals surface area contributed by atoms with Gasteiger partial charge in [0.25, 0.3) is 0 Å². The molecule has 0 spiro atoms. The molecule has 6 aromatic rings. The van der Waals surface area contributed by atoms with E-state index in [-0.39, 0.29) is 24.8 Å². The Labute approximate surface area is 284 Å². The summed E-state index contributed by atoms with van der Waals surface area (Å²) in [5.74, 6) is 0. The number of hydrogen-bond donors (Lipinski definition) is 0. The standard InChI is InChI=1S/C40H30Si.2ClH.Zr/c1-41(2,39-33-21-9-5-15-29(33)25-37(39)35-23-11-17-27-13-3-7-19-31(27)35)40-34-22-10-6-16-30(34)26-38(40)36-24-12-18-28-14-4-8-20-32(28)36;;;/h3-26H,1-2H3;2*1H;/q;;;+2/p-2. The Morgan fingerprint density at radius 3 is 1.27 bits per heavy atom. The van der Waals surface area contributed by atoms with Crippen LogP contribution < -0.4 is 24.8 Å². The zero-order valence-electron chi connectivity index (χ0n) is 24.6. The van der Waals surface area contributed by atoms with Gasteiger partial charge in [-0.15, -0.1) is 0 Å². The van der Waals surface area contributed by atoms with Gasteiger partial charge in [-0.1, -0.05) is 0 Å². The van der Waals surface area contributed by atoms with Crippen LogP contribution in [0.3, 0.4) is 0 Å². The van der Waals surface area contributed by atoms with Crippen LogP contribution in [0.25, 0.3) is 43.1 Å². The van der Waals surface area contributed by atoms with E-state index in [0.29, 0.717) is 7.25 Å². The molecule has 1 aliphatic heterocycles. The minimum absolute atomic E-state index is 0. The summed E-state index contributed by atoms with van der Waals surface area (Å²) in [5.41, 5.74) is 12.6. The van der Waals surface area contributed by atoms with Crippen LogP contribution >= 0.6 is 0 Å². The first-order valence-corrected chi connectivity index (χ1v) is 20.9. The van der Waals surface area contributed by atoms with E-state index in [1.165, 1.54) is 43.8 Å². The van der Waals surface area contributed by atoms with Gasteiger partial charge in [0.1, 0.15) is 0 Å². The van der Waals surface area contributed by atoms with E-state index in [1.807, 2.05) is 0 Å². The van der Waals surface area contributed by atoms with E-state index in [0.717, 1.165) is 0 Å². The molecule has 2 aliphatic carbocycles. The van der Waals surface area contributed by atoms with Crippen molar-refractivity contribution in [2.75, 3.05) is 0 Å². The Morgan fingerprint density at radius 2 is 0.795 bits per heavy atom. The van der Waals surface area contributed by atoms with Crippen LogP contribution in [0.15, 0.2) is 133 Å². The predicted octanol–water partition coefficient (Wildman–Crippen LogP) is 4.52. The second kappa shape index (κ2) is 11.1. The molecule has 1 heterocycles. The molecule has 4 heteroatoms. The average molecular weight is 701 g/mol. The first kappa shape index (κ1) is 29.7. The topological polar surface area (TPSA) is 0 Å². The van der Waals surface area contributed by atoms with Crippen molar-refractivity contribution >= 4 is 51.2 Å². The van der Waals surface area contributed by atoms with Gasteiger partial charge in [0.15, 0.2) is 0 Å². The van der Waals surface area contributed by atoms with Crippen LogP contribution in [-0.4, -0.2) is 8.07 Å². The van der Waals surface area contributed by atoms with Gasteiger partial charge >= 0.3 is 262 Å². The fourth-order valence-corrected chi connectivity index (χ4v) is 18.2. The molecule has 0 radical (unpaired) electrons. The van der Waals surface area contributed by atoms with Crippen molar-refractivity contribution in [2.45, 2.75) is 20.3 Å². The first-order valence-electron chi connectivity index (χ1n) is 15.0. The summed E-state index contributed by atoms with van der Waals surface area (Å²) in [5, 5.41) is 8.87. The van der Waals surface area contributed by atoms with E-state index in [1.54, 1.807) is 32.7 Å². The molecule has 3 aliphatic rings. The van der Waals surface area contributed by atoms with Crippen molar-refractivity contribution in [3.05, 3.63) is 167 Å². The molecule has 0 amide bonds. The Morgan fingerprint density at radius 1 is 0.432 bits per heavy atom. The minimum Gasteiger partial charge on any atom is -1.00 e. The van der Waals surface area contributed by atoms with Crippen molar-refractivity contribution < 1.29 is 48.0 Å². The third kappa shape index (κ3) is 4.11. The van der Waals surface area contributed by atoms with E-state index < -0.39 is 31.3 Å². The van der Waals surface area contributed by atoms with E-state index in [9.17, 15) is 0 Å². The Hall–Kier alpha value is -3.00. The smallest absolute Gasteiger partial charge is 1.00 e. The molecule has 9 rings (SSSR count). The van der Waals surface area contributed by atoms with Crippen LogP contribution in [0.2, 0.25) is 13.1 Å². The summed E-state index contributed by atoms with van der Waals surface area (Å²) in [6, 6.07) is 51.0. The number of rotatable bonds is 2. The van der Waals surface area contributed by atoms with Gasteiger partial charge in [-0.25, -0.2) is 0 Å². The molecule has 212 valence electrons. The molecule has 4 bridgehead atoms. The van der Waals surface area contributed by atoms with Gasteiger partial charge in [-0.3, -0.25) is 0 Å². The number of allylic oxidation sites excluding steroid dienone is 2. The Balaban J connectivity index is 0.00000156. The third-order valence-corrected chi connectivity index (χ3v) is 18.1. The number of hydrogen-bond acceptors (Lipinski definition) is 0. The molecule has 2 unspecified atom stereocenters. The molecular formula is C40H30Cl2SiZr. The molecule has 0 N–H and O–H groups in total. The average Bonchev–Trinajstić information content (AvgIpc) is 3.55. The van der Waals surface area contributed by atoms with Crippen molar-refractivity contribution in [1.82, 2.24) is 0 Å². The van der Waals surface area contributed by atoms with Crippen molar-refractivity contribution in [3.8, 4) is 0 Å². The van der Waals surface area contributed by atoms with Crippen molar-refractivity contribution in [1.29, 1.82) is 0 Å². The molecule has 6 aromatic carbocycles. The maximum absolute atomic E-state index is 2.66. The normalized spacial score (nSPS) is 18.8. The molecular weight excluding hydrogens is 671 g/mol. The van der Waals surface area contributed by atoms with E-state index >= 15 is 0 Å². The fraction of sp³-hybridized carbons (Fsp3) is 0.100. The SMILES string of the molecule is C[Si]1(C)C2=C(c3cccc4ccccc34)[CH]([Zr+2][CH]3C(c4cccc5ccccc45)=C1c1ccccc13)c1ccccc12.[Cl-].[Cl-]. The second-order valence-electron chi connectivity index (χ2n) is 12.5. The third-order valence-electron chi connectivity index (χ3n) is 9.94. The number of benzene rings is 6. The van der Waals surface area contributed by atoms with Gasteiger partial charge in [0, 0.05) is 0 Å². The minimum atomic E-state index is -2.23. The summed E-state index contributed by atoms with van der Waals surface area (Å²) >= 11 is -1.11. The Kier molecular flexibility index (Phi) is 7.50. The van der Waals surface area contributed by atoms with Crippen LogP contribution in [0.1, 0.15) is 40.6 Å². The summed E-state index contributed by atoms with van der Waals surface area (Å²) in [6.07, 6.45) is 0. The van der Waals surface area contributed by atoms with Crippen LogP contribution in [-0.2, 0) is 23.2 Å². The number of halogens is 2. The summed E-state index contributed by atoms with van der Waals surface area (Å²) in [4.78, 5) is 0. The molecule has 2 atom stereocenters. The monoisotopic (exact) mass is 698 g/mol. The molecule has 0 aromatic heterocycles. The molecule has 0 fully saturated rings. The fourth-order valence-electron chi connectivity index (χ4n) is 8.33. The predicted molar refractivity (Wildman–Crippen MR) is 177 cm³/mol. The maximum atomic E-state index is 2.66. The van der Waals surface area contributed by atoms with Crippen LogP contribution in [0.5, 0.6) is 0 Å². The zero-order chi connectivity index (χ0) is 28.0. The summed E-state index contributed by atoms with van der Waals surface area (Å²) in [7, 11) is -2.23. The molecule has 0 saturated heterocycles. The van der Waals surface area contributed by atoms with E-state index in [2.05, 4.69) is 147 Å². The van der Waals surface area contributed by atoms with Gasteiger partial charge in [-0.05, 0) is 0 Å². The van der Waals surface area contributed by atoms with Crippen molar-refractivity contribution in [2.24, 2.45) is 0 Å². The quantitative estimate of drug-likeness (QED) is 0.234. The van der Waals surface area contributed by atoms with Crippen LogP contribution in [0.4, 0.5) is 0 Å². The largest absolute Gasteiger partial charge is 1.00 e. The zero-order valence-corrected chi connectivity index (χ0v) is 29.6. The van der Waals surface area contributed by atoms with Gasteiger partial charge < -0.3 is 24.8 Å². The summed E-state index contributed by atoms with van der Waals surface area (Å²) < 4.78 is 1.06. The van der Waals surface area contributed by atoms with Gasteiger partial charge in [-0.2, -0.15) is 0 Å². The number of fused-ring (bicyclic) bond motifs is 10. The molecule has 0 saturated carbocycles. The van der Waals surface area contributed by atoms with Crippen molar-refractivity contribution in [3.63, 3.8) is 0 Å². The second-order valence-corrected chi connectivity index (χ2v) is 20.4.